The summed E-state index contributed by atoms with van der Waals surface area (Å²) in [4.78, 5) is 2.93. The lowest BCUT2D eigenvalue weighted by Crippen LogP contribution is -1.98. The van der Waals surface area contributed by atoms with Crippen molar-refractivity contribution < 1.29 is 8.78 Å². The first-order valence-corrected chi connectivity index (χ1v) is 6.11. The highest BCUT2D eigenvalue weighted by atomic mass is 32.1. The summed E-state index contributed by atoms with van der Waals surface area (Å²) in [6.45, 7) is 0. The molecule has 1 aromatic heterocycles. The average Bonchev–Trinajstić information content (AvgIpc) is 2.74. The Labute approximate surface area is 117 Å². The molecule has 1 heterocycles. The number of imidazole rings is 1. The zero-order chi connectivity index (χ0) is 14.3. The van der Waals surface area contributed by atoms with Crippen LogP contribution in [0.4, 0.5) is 8.78 Å². The summed E-state index contributed by atoms with van der Waals surface area (Å²) in [5.74, 6) is -1.38. The summed E-state index contributed by atoms with van der Waals surface area (Å²) in [6, 6.07) is 10.2. The van der Waals surface area contributed by atoms with Crippen LogP contribution in [0.15, 0.2) is 36.4 Å². The van der Waals surface area contributed by atoms with Crippen molar-refractivity contribution in [2.75, 3.05) is 0 Å². The van der Waals surface area contributed by atoms with E-state index in [1.807, 2.05) is 6.07 Å². The number of rotatable bonds is 1. The smallest absolute Gasteiger partial charge is 0.182 e. The van der Waals surface area contributed by atoms with Crippen molar-refractivity contribution in [3.8, 4) is 11.8 Å². The van der Waals surface area contributed by atoms with E-state index in [1.54, 1.807) is 18.2 Å². The van der Waals surface area contributed by atoms with E-state index in [1.165, 1.54) is 10.6 Å². The highest BCUT2D eigenvalue weighted by Crippen LogP contribution is 2.23. The molecule has 2 aromatic carbocycles. The van der Waals surface area contributed by atoms with Crippen molar-refractivity contribution in [3.63, 3.8) is 0 Å². The molecule has 0 bridgehead atoms. The largest absolute Gasteiger partial charge is 0.330 e. The Morgan fingerprint density at radius 2 is 1.95 bits per heavy atom. The Morgan fingerprint density at radius 3 is 2.65 bits per heavy atom. The Balaban J connectivity index is 2.38. The van der Waals surface area contributed by atoms with Crippen LogP contribution >= 0.6 is 12.2 Å². The SMILES string of the molecule is N#Cc1ccc2[nH]c(=S)n(-c3ccc(F)cc3F)c2c1. The predicted molar refractivity (Wildman–Crippen MR) is 73.1 cm³/mol. The number of fused-ring (bicyclic) bond motifs is 1. The third kappa shape index (κ3) is 1.89. The molecule has 0 aliphatic rings. The first kappa shape index (κ1) is 12.5. The third-order valence-electron chi connectivity index (χ3n) is 2.96. The van der Waals surface area contributed by atoms with Gasteiger partial charge in [-0.05, 0) is 42.5 Å². The van der Waals surface area contributed by atoms with E-state index in [4.69, 9.17) is 17.5 Å². The number of aromatic nitrogens is 2. The fourth-order valence-electron chi connectivity index (χ4n) is 2.07. The van der Waals surface area contributed by atoms with E-state index in [-0.39, 0.29) is 10.5 Å². The Bertz CT molecular complexity index is 918. The quantitative estimate of drug-likeness (QED) is 0.691. The zero-order valence-corrected chi connectivity index (χ0v) is 10.8. The van der Waals surface area contributed by atoms with Gasteiger partial charge in [0, 0.05) is 6.07 Å². The summed E-state index contributed by atoms with van der Waals surface area (Å²) < 4.78 is 28.6. The molecule has 0 amide bonds. The van der Waals surface area contributed by atoms with Crippen molar-refractivity contribution in [1.29, 1.82) is 5.26 Å². The van der Waals surface area contributed by atoms with E-state index in [9.17, 15) is 8.78 Å². The van der Waals surface area contributed by atoms with Gasteiger partial charge in [0.15, 0.2) is 4.77 Å². The molecule has 3 nitrogen and oxygen atoms in total. The van der Waals surface area contributed by atoms with Crippen LogP contribution in [-0.4, -0.2) is 9.55 Å². The zero-order valence-electron chi connectivity index (χ0n) is 10.0. The van der Waals surface area contributed by atoms with Crippen molar-refractivity contribution in [1.82, 2.24) is 9.55 Å². The Morgan fingerprint density at radius 1 is 1.15 bits per heavy atom. The predicted octanol–water partition coefficient (Wildman–Crippen LogP) is 3.84. The van der Waals surface area contributed by atoms with Gasteiger partial charge in [-0.25, -0.2) is 8.78 Å². The van der Waals surface area contributed by atoms with Gasteiger partial charge >= 0.3 is 0 Å². The maximum atomic E-state index is 13.9. The number of aromatic amines is 1. The fourth-order valence-corrected chi connectivity index (χ4v) is 2.38. The average molecular weight is 287 g/mol. The van der Waals surface area contributed by atoms with Gasteiger partial charge in [-0.1, -0.05) is 0 Å². The molecule has 0 saturated heterocycles. The molecule has 1 N–H and O–H groups in total. The standard InChI is InChI=1S/C14H7F2N3S/c15-9-2-4-12(10(16)6-9)19-13-5-8(7-17)1-3-11(13)18-14(19)20/h1-6H,(H,18,20). The van der Waals surface area contributed by atoms with Crippen LogP contribution in [0, 0.1) is 27.7 Å². The number of benzene rings is 2. The lowest BCUT2D eigenvalue weighted by Gasteiger charge is -2.06. The second-order valence-electron chi connectivity index (χ2n) is 4.21. The molecule has 3 rings (SSSR count). The van der Waals surface area contributed by atoms with Crippen LogP contribution in [-0.2, 0) is 0 Å². The van der Waals surface area contributed by atoms with Crippen LogP contribution in [0.2, 0.25) is 0 Å². The van der Waals surface area contributed by atoms with Gasteiger partial charge < -0.3 is 4.98 Å². The number of nitrogens with one attached hydrogen (secondary N) is 1. The van der Waals surface area contributed by atoms with Gasteiger partial charge in [-0.15, -0.1) is 0 Å². The number of H-pyrrole nitrogens is 1. The highest BCUT2D eigenvalue weighted by molar-refractivity contribution is 7.71. The highest BCUT2D eigenvalue weighted by Gasteiger charge is 2.12. The molecule has 98 valence electrons. The van der Waals surface area contributed by atoms with E-state index >= 15 is 0 Å². The van der Waals surface area contributed by atoms with Crippen molar-refractivity contribution >= 4 is 23.3 Å². The topological polar surface area (TPSA) is 44.5 Å². The van der Waals surface area contributed by atoms with Gasteiger partial charge in [-0.2, -0.15) is 5.26 Å². The maximum absolute atomic E-state index is 13.9. The summed E-state index contributed by atoms with van der Waals surface area (Å²) in [6.07, 6.45) is 0. The first-order chi connectivity index (χ1) is 9.60. The molecule has 0 saturated carbocycles. The molecule has 0 aliphatic carbocycles. The molecule has 0 spiro atoms. The molecule has 0 atom stereocenters. The van der Waals surface area contributed by atoms with Crippen molar-refractivity contribution in [3.05, 3.63) is 58.4 Å². The number of nitriles is 1. The molecule has 6 heteroatoms. The third-order valence-corrected chi connectivity index (χ3v) is 3.25. The van der Waals surface area contributed by atoms with Crippen molar-refractivity contribution in [2.24, 2.45) is 0 Å². The number of hydrogen-bond donors (Lipinski definition) is 1. The molecule has 20 heavy (non-hydrogen) atoms. The molecule has 0 fully saturated rings. The normalized spacial score (nSPS) is 10.7. The summed E-state index contributed by atoms with van der Waals surface area (Å²) in [7, 11) is 0. The monoisotopic (exact) mass is 287 g/mol. The minimum Gasteiger partial charge on any atom is -0.330 e. The molecule has 0 aliphatic heterocycles. The van der Waals surface area contributed by atoms with Gasteiger partial charge in [0.1, 0.15) is 11.6 Å². The summed E-state index contributed by atoms with van der Waals surface area (Å²) >= 11 is 5.17. The van der Waals surface area contributed by atoms with E-state index in [0.717, 1.165) is 12.1 Å². The molecule has 3 aromatic rings. The van der Waals surface area contributed by atoms with Crippen LogP contribution in [0.25, 0.3) is 16.7 Å². The number of halogens is 2. The van der Waals surface area contributed by atoms with Gasteiger partial charge in [0.25, 0.3) is 0 Å². The molecular formula is C14H7F2N3S. The number of hydrogen-bond acceptors (Lipinski definition) is 2. The summed E-state index contributed by atoms with van der Waals surface area (Å²) in [5, 5.41) is 8.94. The minimum atomic E-state index is -0.718. The second kappa shape index (κ2) is 4.54. The first-order valence-electron chi connectivity index (χ1n) is 5.70. The van der Waals surface area contributed by atoms with E-state index in [2.05, 4.69) is 4.98 Å². The minimum absolute atomic E-state index is 0.137. The van der Waals surface area contributed by atoms with Gasteiger partial charge in [0.2, 0.25) is 0 Å². The lowest BCUT2D eigenvalue weighted by atomic mass is 10.2. The maximum Gasteiger partial charge on any atom is 0.182 e. The van der Waals surface area contributed by atoms with Crippen molar-refractivity contribution in [2.45, 2.75) is 0 Å². The Hall–Kier alpha value is -2.52. The molecule has 0 unspecified atom stereocenters. The lowest BCUT2D eigenvalue weighted by molar-refractivity contribution is 0.578. The van der Waals surface area contributed by atoms with Crippen LogP contribution in [0.1, 0.15) is 5.56 Å². The van der Waals surface area contributed by atoms with Crippen LogP contribution in [0.5, 0.6) is 0 Å². The van der Waals surface area contributed by atoms with Gasteiger partial charge in [0.05, 0.1) is 28.4 Å². The van der Waals surface area contributed by atoms with Crippen LogP contribution in [0.3, 0.4) is 0 Å². The fraction of sp³-hybridized carbons (Fsp3) is 0. The van der Waals surface area contributed by atoms with Gasteiger partial charge in [-0.3, -0.25) is 4.57 Å². The number of nitrogens with zero attached hydrogens (tertiary/aromatic N) is 2. The van der Waals surface area contributed by atoms with Crippen LogP contribution < -0.4 is 0 Å². The Kier molecular flexibility index (Phi) is 2.84. The second-order valence-corrected chi connectivity index (χ2v) is 4.59. The van der Waals surface area contributed by atoms with E-state index < -0.39 is 11.6 Å². The molecular weight excluding hydrogens is 280 g/mol. The van der Waals surface area contributed by atoms with E-state index in [0.29, 0.717) is 16.6 Å². The summed E-state index contributed by atoms with van der Waals surface area (Å²) in [5.41, 5.74) is 1.82. The molecule has 0 radical (unpaired) electrons.